The van der Waals surface area contributed by atoms with E-state index in [0.717, 1.165) is 31.3 Å². The summed E-state index contributed by atoms with van der Waals surface area (Å²) in [5, 5.41) is 14.5. The molecule has 216 valence electrons. The number of hydrogen-bond donors (Lipinski definition) is 4. The normalized spacial score (nSPS) is 15.0. The van der Waals surface area contributed by atoms with E-state index in [2.05, 4.69) is 15.6 Å². The van der Waals surface area contributed by atoms with Gasteiger partial charge in [0.15, 0.2) is 0 Å². The average Bonchev–Trinajstić information content (AvgIpc) is 3.26. The summed E-state index contributed by atoms with van der Waals surface area (Å²) in [6.45, 7) is 2.08. The number of carboxylic acid groups (broad SMARTS) is 1. The van der Waals surface area contributed by atoms with Crippen molar-refractivity contribution in [1.82, 2.24) is 9.55 Å². The summed E-state index contributed by atoms with van der Waals surface area (Å²) >= 11 is 0. The average molecular weight is 566 g/mol. The van der Waals surface area contributed by atoms with E-state index in [0.29, 0.717) is 11.6 Å². The second-order valence-corrected chi connectivity index (χ2v) is 9.79. The molecule has 0 bridgehead atoms. The van der Waals surface area contributed by atoms with Crippen LogP contribution in [0.5, 0.6) is 0 Å². The van der Waals surface area contributed by atoms with Crippen molar-refractivity contribution in [3.8, 4) is 0 Å². The molecule has 0 radical (unpaired) electrons. The fraction of sp³-hybridized carbons (Fsp3) is 0.357. The minimum atomic E-state index is -1.87. The van der Waals surface area contributed by atoms with E-state index >= 15 is 0 Å². The van der Waals surface area contributed by atoms with Crippen LogP contribution < -0.4 is 16.4 Å². The van der Waals surface area contributed by atoms with Crippen LogP contribution in [-0.2, 0) is 28.7 Å². The largest absolute Gasteiger partial charge is 0.464 e. The number of amides is 2. The number of nitrogens with one attached hydrogen (secondary N) is 2. The zero-order chi connectivity index (χ0) is 29.7. The van der Waals surface area contributed by atoms with Gasteiger partial charge in [0.2, 0.25) is 18.2 Å². The van der Waals surface area contributed by atoms with Crippen molar-refractivity contribution in [2.45, 2.75) is 64.1 Å². The lowest BCUT2D eigenvalue weighted by Gasteiger charge is -2.25. The van der Waals surface area contributed by atoms with Gasteiger partial charge in [0, 0.05) is 25.2 Å². The van der Waals surface area contributed by atoms with Gasteiger partial charge in [-0.25, -0.2) is 14.3 Å². The molecule has 2 aromatic carbocycles. The number of carbonyl (C=O) groups excluding carboxylic acids is 4. The number of esters is 2. The number of nitrogen functional groups attached to an aromatic ring is 1. The molecule has 1 aromatic heterocycles. The van der Waals surface area contributed by atoms with Gasteiger partial charge < -0.3 is 30.9 Å². The van der Waals surface area contributed by atoms with Gasteiger partial charge in [-0.2, -0.15) is 0 Å². The van der Waals surface area contributed by atoms with Crippen LogP contribution in [0, 0.1) is 0 Å². The molecule has 13 heteroatoms. The van der Waals surface area contributed by atoms with Crippen LogP contribution in [0.2, 0.25) is 0 Å². The molecule has 0 aliphatic heterocycles. The van der Waals surface area contributed by atoms with Gasteiger partial charge in [-0.05, 0) is 54.7 Å². The lowest BCUT2D eigenvalue weighted by Crippen LogP contribution is -2.49. The van der Waals surface area contributed by atoms with Crippen LogP contribution in [0.15, 0.2) is 42.5 Å². The first kappa shape index (κ1) is 29.1. The number of nitrogens with zero attached hydrogens (tertiary/aromatic N) is 2. The zero-order valence-corrected chi connectivity index (χ0v) is 22.6. The van der Waals surface area contributed by atoms with Gasteiger partial charge in [0.05, 0.1) is 11.0 Å². The van der Waals surface area contributed by atoms with Crippen molar-refractivity contribution in [2.75, 3.05) is 16.4 Å². The molecule has 2 atom stereocenters. The molecule has 1 aliphatic rings. The number of aromatic nitrogens is 2. The third-order valence-electron chi connectivity index (χ3n) is 6.77. The molecule has 5 N–H and O–H groups in total. The van der Waals surface area contributed by atoms with Crippen molar-refractivity contribution in [3.63, 3.8) is 0 Å². The van der Waals surface area contributed by atoms with E-state index in [9.17, 15) is 29.1 Å². The molecule has 0 spiro atoms. The Kier molecular flexibility index (Phi) is 8.85. The molecule has 1 saturated carbocycles. The third-order valence-corrected chi connectivity index (χ3v) is 6.77. The highest BCUT2D eigenvalue weighted by atomic mass is 16.6. The van der Waals surface area contributed by atoms with Gasteiger partial charge in [-0.3, -0.25) is 19.2 Å². The first-order valence-corrected chi connectivity index (χ1v) is 13.1. The minimum Gasteiger partial charge on any atom is -0.464 e. The topological polar surface area (TPSA) is 192 Å². The van der Waals surface area contributed by atoms with Gasteiger partial charge in [0.1, 0.15) is 0 Å². The van der Waals surface area contributed by atoms with Crippen molar-refractivity contribution in [3.05, 3.63) is 48.0 Å². The van der Waals surface area contributed by atoms with Gasteiger partial charge in [-0.1, -0.05) is 31.4 Å². The Labute approximate surface area is 235 Å². The van der Waals surface area contributed by atoms with E-state index < -0.39 is 42.1 Å². The number of anilines is 3. The molecular formula is C28H31N5O8. The van der Waals surface area contributed by atoms with Crippen LogP contribution in [0.3, 0.4) is 0 Å². The molecule has 13 nitrogen and oxygen atoms in total. The van der Waals surface area contributed by atoms with Crippen molar-refractivity contribution in [2.24, 2.45) is 0 Å². The number of nitrogens with two attached hydrogens (primary N) is 1. The quantitative estimate of drug-likeness (QED) is 0.293. The SMILES string of the molecule is CC(=O)OC(C(=O)Nc1ccc(C2CCCCC2)cc1)C(OC(C)=O)C(=O)Nc1ccc2nc(N)n(C(=O)O)c2c1. The molecule has 41 heavy (non-hydrogen) atoms. The fourth-order valence-electron chi connectivity index (χ4n) is 4.94. The number of carbonyl (C=O) groups is 5. The molecule has 1 aliphatic carbocycles. The number of benzene rings is 2. The Morgan fingerprint density at radius 2 is 1.41 bits per heavy atom. The van der Waals surface area contributed by atoms with E-state index in [4.69, 9.17) is 15.2 Å². The van der Waals surface area contributed by atoms with E-state index in [1.54, 1.807) is 12.1 Å². The lowest BCUT2D eigenvalue weighted by molar-refractivity contribution is -0.171. The maximum absolute atomic E-state index is 13.3. The van der Waals surface area contributed by atoms with E-state index in [1.807, 2.05) is 12.1 Å². The van der Waals surface area contributed by atoms with Crippen LogP contribution >= 0.6 is 0 Å². The molecule has 1 heterocycles. The maximum Gasteiger partial charge on any atom is 0.418 e. The molecule has 3 aromatic rings. The Balaban J connectivity index is 1.56. The Bertz CT molecular complexity index is 1480. The first-order valence-electron chi connectivity index (χ1n) is 13.1. The smallest absolute Gasteiger partial charge is 0.418 e. The predicted octanol–water partition coefficient (Wildman–Crippen LogP) is 3.63. The van der Waals surface area contributed by atoms with E-state index in [1.165, 1.54) is 43.0 Å². The molecule has 0 saturated heterocycles. The predicted molar refractivity (Wildman–Crippen MR) is 148 cm³/mol. The Hall–Kier alpha value is -4.94. The highest BCUT2D eigenvalue weighted by Gasteiger charge is 2.39. The number of hydrogen-bond acceptors (Lipinski definition) is 9. The third kappa shape index (κ3) is 6.99. The van der Waals surface area contributed by atoms with Crippen LogP contribution in [-0.4, -0.2) is 56.7 Å². The summed E-state index contributed by atoms with van der Waals surface area (Å²) in [4.78, 5) is 65.9. The number of rotatable bonds is 8. The van der Waals surface area contributed by atoms with Gasteiger partial charge >= 0.3 is 18.0 Å². The highest BCUT2D eigenvalue weighted by molar-refractivity contribution is 6.04. The lowest BCUT2D eigenvalue weighted by atomic mass is 9.84. The monoisotopic (exact) mass is 565 g/mol. The Morgan fingerprint density at radius 3 is 1.95 bits per heavy atom. The van der Waals surface area contributed by atoms with Crippen LogP contribution in [0.25, 0.3) is 11.0 Å². The summed E-state index contributed by atoms with van der Waals surface area (Å²) in [5.74, 6) is -3.48. The second-order valence-electron chi connectivity index (χ2n) is 9.79. The summed E-state index contributed by atoms with van der Waals surface area (Å²) < 4.78 is 11.0. The number of imidazole rings is 1. The molecular weight excluding hydrogens is 534 g/mol. The van der Waals surface area contributed by atoms with Crippen molar-refractivity contribution < 1.29 is 38.6 Å². The summed E-state index contributed by atoms with van der Waals surface area (Å²) in [6, 6.07) is 11.4. The first-order chi connectivity index (χ1) is 19.5. The minimum absolute atomic E-state index is 0.0855. The Morgan fingerprint density at radius 1 is 0.878 bits per heavy atom. The summed E-state index contributed by atoms with van der Waals surface area (Å²) in [5.41, 5.74) is 7.67. The van der Waals surface area contributed by atoms with Crippen molar-refractivity contribution in [1.29, 1.82) is 0 Å². The van der Waals surface area contributed by atoms with E-state index in [-0.39, 0.29) is 22.7 Å². The number of fused-ring (bicyclic) bond motifs is 1. The number of ether oxygens (including phenoxy) is 2. The van der Waals surface area contributed by atoms with Crippen molar-refractivity contribution >= 4 is 58.2 Å². The molecule has 2 amide bonds. The second kappa shape index (κ2) is 12.5. The molecule has 2 unspecified atom stereocenters. The van der Waals surface area contributed by atoms with Gasteiger partial charge in [-0.15, -0.1) is 0 Å². The molecule has 4 rings (SSSR count). The highest BCUT2D eigenvalue weighted by Crippen LogP contribution is 2.33. The maximum atomic E-state index is 13.3. The van der Waals surface area contributed by atoms with Gasteiger partial charge in [0.25, 0.3) is 11.8 Å². The fourth-order valence-corrected chi connectivity index (χ4v) is 4.94. The standard InChI is InChI=1S/C28H31N5O8/c1-15(34)40-23(25(36)30-19-10-8-18(9-11-19)17-6-4-3-5-7-17)24(41-16(2)35)26(37)31-20-12-13-21-22(14-20)33(28(38)39)27(29)32-21/h8-14,17,23-24H,3-7H2,1-2H3,(H2,29,32)(H,30,36)(H,31,37)(H,38,39). The molecule has 1 fully saturated rings. The summed E-state index contributed by atoms with van der Waals surface area (Å²) in [7, 11) is 0. The zero-order valence-electron chi connectivity index (χ0n) is 22.6. The van der Waals surface area contributed by atoms with Crippen LogP contribution in [0.4, 0.5) is 22.1 Å². The van der Waals surface area contributed by atoms with Crippen LogP contribution in [0.1, 0.15) is 57.4 Å². The summed E-state index contributed by atoms with van der Waals surface area (Å²) in [6.07, 6.45) is 0.716.